The van der Waals surface area contributed by atoms with E-state index in [0.29, 0.717) is 0 Å². The Morgan fingerprint density at radius 1 is 1.00 bits per heavy atom. The zero-order valence-corrected chi connectivity index (χ0v) is 9.91. The van der Waals surface area contributed by atoms with E-state index in [9.17, 15) is 17.6 Å². The smallest absolute Gasteiger partial charge is 0.405 e. The first kappa shape index (κ1) is 13.9. The Bertz CT molecular complexity index is 674. The number of alkyl halides is 3. The molecule has 0 aromatic heterocycles. The molecule has 20 heavy (non-hydrogen) atoms. The van der Waals surface area contributed by atoms with Crippen LogP contribution in [-0.2, 0) is 0 Å². The number of ether oxygens (including phenoxy) is 1. The SMILES string of the molecule is N#Cc1cc(F)ccc1-c1ccccc1OC(F)(F)F. The number of benzene rings is 2. The van der Waals surface area contributed by atoms with E-state index in [0.717, 1.165) is 18.2 Å². The van der Waals surface area contributed by atoms with Crippen LogP contribution in [0.4, 0.5) is 17.6 Å². The topological polar surface area (TPSA) is 33.0 Å². The van der Waals surface area contributed by atoms with Crippen LogP contribution in [-0.4, -0.2) is 6.36 Å². The largest absolute Gasteiger partial charge is 0.573 e. The summed E-state index contributed by atoms with van der Waals surface area (Å²) in [5.41, 5.74) is 0.179. The molecule has 2 aromatic carbocycles. The third-order valence-electron chi connectivity index (χ3n) is 2.50. The molecule has 0 aliphatic heterocycles. The molecule has 2 rings (SSSR count). The van der Waals surface area contributed by atoms with E-state index in [-0.39, 0.29) is 16.7 Å². The number of rotatable bonds is 2. The number of hydrogen-bond acceptors (Lipinski definition) is 2. The van der Waals surface area contributed by atoms with Crippen molar-refractivity contribution in [2.24, 2.45) is 0 Å². The van der Waals surface area contributed by atoms with Gasteiger partial charge in [-0.3, -0.25) is 0 Å². The van der Waals surface area contributed by atoms with E-state index < -0.39 is 17.9 Å². The van der Waals surface area contributed by atoms with Crippen LogP contribution < -0.4 is 4.74 Å². The first-order valence-electron chi connectivity index (χ1n) is 5.45. The van der Waals surface area contributed by atoms with Gasteiger partial charge in [-0.2, -0.15) is 5.26 Å². The maximum atomic E-state index is 13.1. The zero-order valence-electron chi connectivity index (χ0n) is 9.91. The maximum Gasteiger partial charge on any atom is 0.573 e. The number of nitriles is 1. The van der Waals surface area contributed by atoms with Gasteiger partial charge in [-0.15, -0.1) is 13.2 Å². The molecular formula is C14H7F4NO. The molecule has 0 aliphatic carbocycles. The minimum atomic E-state index is -4.84. The van der Waals surface area contributed by atoms with Crippen LogP contribution in [0, 0.1) is 17.1 Å². The highest BCUT2D eigenvalue weighted by atomic mass is 19.4. The van der Waals surface area contributed by atoms with Gasteiger partial charge in [0.2, 0.25) is 0 Å². The van der Waals surface area contributed by atoms with Crippen molar-refractivity contribution in [3.8, 4) is 22.9 Å². The summed E-state index contributed by atoms with van der Waals surface area (Å²) in [6.45, 7) is 0. The van der Waals surface area contributed by atoms with Crippen LogP contribution in [0.5, 0.6) is 5.75 Å². The van der Waals surface area contributed by atoms with Crippen LogP contribution in [0.2, 0.25) is 0 Å². The van der Waals surface area contributed by atoms with Crippen molar-refractivity contribution >= 4 is 0 Å². The molecule has 0 spiro atoms. The monoisotopic (exact) mass is 281 g/mol. The van der Waals surface area contributed by atoms with Crippen LogP contribution in [0.15, 0.2) is 42.5 Å². The Kier molecular flexibility index (Phi) is 3.61. The molecule has 2 nitrogen and oxygen atoms in total. The lowest BCUT2D eigenvalue weighted by Crippen LogP contribution is -2.17. The van der Waals surface area contributed by atoms with Crippen molar-refractivity contribution in [1.29, 1.82) is 5.26 Å². The molecule has 0 fully saturated rings. The molecular weight excluding hydrogens is 274 g/mol. The summed E-state index contributed by atoms with van der Waals surface area (Å²) in [7, 11) is 0. The molecule has 0 unspecified atom stereocenters. The molecule has 0 bridgehead atoms. The van der Waals surface area contributed by atoms with Crippen LogP contribution in [0.25, 0.3) is 11.1 Å². The second-order valence-corrected chi connectivity index (χ2v) is 3.85. The van der Waals surface area contributed by atoms with Gasteiger partial charge in [-0.1, -0.05) is 24.3 Å². The molecule has 102 valence electrons. The highest BCUT2D eigenvalue weighted by molar-refractivity contribution is 5.75. The second-order valence-electron chi connectivity index (χ2n) is 3.85. The summed E-state index contributed by atoms with van der Waals surface area (Å²) in [6, 6.07) is 10.4. The predicted octanol–water partition coefficient (Wildman–Crippen LogP) is 4.26. The zero-order chi connectivity index (χ0) is 14.8. The van der Waals surface area contributed by atoms with Crippen molar-refractivity contribution in [1.82, 2.24) is 0 Å². The quantitative estimate of drug-likeness (QED) is 0.770. The summed E-state index contributed by atoms with van der Waals surface area (Å²) in [5.74, 6) is -1.08. The summed E-state index contributed by atoms with van der Waals surface area (Å²) in [4.78, 5) is 0. The lowest BCUT2D eigenvalue weighted by atomic mass is 9.99. The minimum Gasteiger partial charge on any atom is -0.405 e. The predicted molar refractivity (Wildman–Crippen MR) is 63.2 cm³/mol. The van der Waals surface area contributed by atoms with Crippen LogP contribution >= 0.6 is 0 Å². The average molecular weight is 281 g/mol. The highest BCUT2D eigenvalue weighted by Crippen LogP contribution is 2.35. The number of para-hydroxylation sites is 1. The number of nitrogens with zero attached hydrogens (tertiary/aromatic N) is 1. The van der Waals surface area contributed by atoms with Gasteiger partial charge in [0, 0.05) is 11.1 Å². The number of halogens is 4. The first-order valence-corrected chi connectivity index (χ1v) is 5.45. The normalized spacial score (nSPS) is 10.9. The van der Waals surface area contributed by atoms with Gasteiger partial charge in [-0.05, 0) is 18.2 Å². The van der Waals surface area contributed by atoms with E-state index in [2.05, 4.69) is 4.74 Å². The Morgan fingerprint density at radius 2 is 1.70 bits per heavy atom. The van der Waals surface area contributed by atoms with Gasteiger partial charge in [0.05, 0.1) is 11.6 Å². The van der Waals surface area contributed by atoms with Gasteiger partial charge < -0.3 is 4.74 Å². The molecule has 0 atom stereocenters. The highest BCUT2D eigenvalue weighted by Gasteiger charge is 2.32. The van der Waals surface area contributed by atoms with E-state index in [1.807, 2.05) is 0 Å². The van der Waals surface area contributed by atoms with Gasteiger partial charge in [0.25, 0.3) is 0 Å². The third kappa shape index (κ3) is 3.06. The van der Waals surface area contributed by atoms with Crippen molar-refractivity contribution in [2.45, 2.75) is 6.36 Å². The van der Waals surface area contributed by atoms with Crippen LogP contribution in [0.1, 0.15) is 5.56 Å². The van der Waals surface area contributed by atoms with Crippen molar-refractivity contribution < 1.29 is 22.3 Å². The van der Waals surface area contributed by atoms with E-state index in [1.165, 1.54) is 24.3 Å². The maximum absolute atomic E-state index is 13.1. The van der Waals surface area contributed by atoms with Gasteiger partial charge in [0.1, 0.15) is 11.6 Å². The molecule has 0 N–H and O–H groups in total. The molecule has 2 aromatic rings. The van der Waals surface area contributed by atoms with E-state index in [4.69, 9.17) is 5.26 Å². The second kappa shape index (κ2) is 5.21. The standard InChI is InChI=1S/C14H7F4NO/c15-10-5-6-11(9(7-10)8-19)12-3-1-2-4-13(12)20-14(16,17)18/h1-7H. The fraction of sp³-hybridized carbons (Fsp3) is 0.0714. The van der Waals surface area contributed by atoms with Crippen molar-refractivity contribution in [2.75, 3.05) is 0 Å². The fourth-order valence-electron chi connectivity index (χ4n) is 1.75. The molecule has 0 aliphatic rings. The lowest BCUT2D eigenvalue weighted by Gasteiger charge is -2.14. The molecule has 0 saturated heterocycles. The van der Waals surface area contributed by atoms with Crippen molar-refractivity contribution in [3.05, 3.63) is 53.8 Å². The summed E-state index contributed by atoms with van der Waals surface area (Å²) in [5, 5.41) is 8.95. The fourth-order valence-corrected chi connectivity index (χ4v) is 1.75. The summed E-state index contributed by atoms with van der Waals surface area (Å²) >= 11 is 0. The van der Waals surface area contributed by atoms with Crippen LogP contribution in [0.3, 0.4) is 0 Å². The Labute approximate surface area is 111 Å². The van der Waals surface area contributed by atoms with Gasteiger partial charge >= 0.3 is 6.36 Å². The third-order valence-corrected chi connectivity index (χ3v) is 2.50. The Balaban J connectivity index is 2.57. The molecule has 0 amide bonds. The van der Waals surface area contributed by atoms with E-state index >= 15 is 0 Å². The molecule has 0 radical (unpaired) electrons. The minimum absolute atomic E-state index is 0.0665. The number of hydrogen-bond donors (Lipinski definition) is 0. The lowest BCUT2D eigenvalue weighted by molar-refractivity contribution is -0.274. The first-order chi connectivity index (χ1) is 9.40. The summed E-state index contributed by atoms with van der Waals surface area (Å²) < 4.78 is 54.0. The summed E-state index contributed by atoms with van der Waals surface area (Å²) in [6.07, 6.45) is -4.84. The Hall–Kier alpha value is -2.55. The Morgan fingerprint density at radius 3 is 2.35 bits per heavy atom. The molecule has 0 heterocycles. The average Bonchev–Trinajstić information content (AvgIpc) is 2.38. The van der Waals surface area contributed by atoms with E-state index in [1.54, 1.807) is 6.07 Å². The molecule has 0 saturated carbocycles. The molecule has 6 heteroatoms. The van der Waals surface area contributed by atoms with Crippen molar-refractivity contribution in [3.63, 3.8) is 0 Å². The van der Waals surface area contributed by atoms with Gasteiger partial charge in [-0.25, -0.2) is 4.39 Å². The van der Waals surface area contributed by atoms with Gasteiger partial charge in [0.15, 0.2) is 0 Å².